The molecular weight excluding hydrogens is 328 g/mol. The summed E-state index contributed by atoms with van der Waals surface area (Å²) in [4.78, 5) is 0. The number of hydrogen-bond donors (Lipinski definition) is 1. The van der Waals surface area contributed by atoms with Crippen LogP contribution in [0.1, 0.15) is 24.7 Å². The number of ether oxygens (including phenoxy) is 1. The van der Waals surface area contributed by atoms with Crippen molar-refractivity contribution in [2.75, 3.05) is 13.2 Å². The van der Waals surface area contributed by atoms with Gasteiger partial charge in [0.25, 0.3) is 0 Å². The van der Waals surface area contributed by atoms with Crippen LogP contribution in [-0.2, 0) is 4.74 Å². The van der Waals surface area contributed by atoms with Crippen molar-refractivity contribution in [2.24, 2.45) is 5.92 Å². The molecule has 1 aliphatic rings. The van der Waals surface area contributed by atoms with Gasteiger partial charge in [0.1, 0.15) is 11.9 Å². The van der Waals surface area contributed by atoms with Crippen LogP contribution in [0.4, 0.5) is 0 Å². The molecule has 2 atom stereocenters. The molecule has 0 amide bonds. The zero-order chi connectivity index (χ0) is 10.8. The fraction of sp³-hybridized carbons (Fsp3) is 0.600. The summed E-state index contributed by atoms with van der Waals surface area (Å²) < 4.78 is 12.2. The van der Waals surface area contributed by atoms with Crippen molar-refractivity contribution in [1.29, 1.82) is 0 Å². The molecule has 84 valence electrons. The number of rotatable bonds is 2. The van der Waals surface area contributed by atoms with Gasteiger partial charge in [0.2, 0.25) is 0 Å². The predicted molar refractivity (Wildman–Crippen MR) is 62.6 cm³/mol. The minimum absolute atomic E-state index is 0.142. The summed E-state index contributed by atoms with van der Waals surface area (Å²) in [7, 11) is 0. The van der Waals surface area contributed by atoms with Gasteiger partial charge in [-0.25, -0.2) is 0 Å². The average molecular weight is 340 g/mol. The van der Waals surface area contributed by atoms with Gasteiger partial charge in [-0.3, -0.25) is 0 Å². The number of aliphatic hydroxyl groups excluding tert-OH is 1. The van der Waals surface area contributed by atoms with E-state index in [2.05, 4.69) is 31.9 Å². The van der Waals surface area contributed by atoms with Gasteiger partial charge in [-0.05, 0) is 50.8 Å². The SMILES string of the molecule is OC(c1cc(Br)c(Br)o1)C1CCCOC1. The zero-order valence-electron chi connectivity index (χ0n) is 8.08. The van der Waals surface area contributed by atoms with Crippen LogP contribution >= 0.6 is 31.9 Å². The summed E-state index contributed by atoms with van der Waals surface area (Å²) in [6.45, 7) is 1.41. The van der Waals surface area contributed by atoms with Gasteiger partial charge >= 0.3 is 0 Å². The highest BCUT2D eigenvalue weighted by atomic mass is 79.9. The summed E-state index contributed by atoms with van der Waals surface area (Å²) >= 11 is 6.58. The van der Waals surface area contributed by atoms with Crippen molar-refractivity contribution >= 4 is 31.9 Å². The van der Waals surface area contributed by atoms with Gasteiger partial charge in [0, 0.05) is 12.5 Å². The molecule has 2 rings (SSSR count). The lowest BCUT2D eigenvalue weighted by molar-refractivity contribution is -0.0181. The molecule has 0 bridgehead atoms. The summed E-state index contributed by atoms with van der Waals surface area (Å²) in [5.41, 5.74) is 0. The van der Waals surface area contributed by atoms with Crippen LogP contribution in [0.2, 0.25) is 0 Å². The van der Waals surface area contributed by atoms with E-state index >= 15 is 0 Å². The number of aliphatic hydroxyl groups is 1. The molecule has 1 aromatic rings. The van der Waals surface area contributed by atoms with E-state index in [4.69, 9.17) is 9.15 Å². The maximum Gasteiger partial charge on any atom is 0.183 e. The second-order valence-corrected chi connectivity index (χ2v) is 5.27. The van der Waals surface area contributed by atoms with E-state index in [-0.39, 0.29) is 5.92 Å². The smallest absolute Gasteiger partial charge is 0.183 e. The molecule has 1 N–H and O–H groups in total. The van der Waals surface area contributed by atoms with E-state index in [0.29, 0.717) is 17.0 Å². The highest BCUT2D eigenvalue weighted by Gasteiger charge is 2.26. The molecule has 5 heteroatoms. The Morgan fingerprint density at radius 2 is 2.27 bits per heavy atom. The number of halogens is 2. The Kier molecular flexibility index (Phi) is 3.88. The molecule has 0 radical (unpaired) electrons. The third kappa shape index (κ3) is 2.64. The van der Waals surface area contributed by atoms with Crippen molar-refractivity contribution < 1.29 is 14.3 Å². The predicted octanol–water partition coefficient (Wildman–Crippen LogP) is 3.26. The first-order valence-corrected chi connectivity index (χ1v) is 6.47. The lowest BCUT2D eigenvalue weighted by atomic mass is 9.94. The molecule has 0 aliphatic carbocycles. The van der Waals surface area contributed by atoms with Crippen molar-refractivity contribution in [2.45, 2.75) is 18.9 Å². The Morgan fingerprint density at radius 3 is 2.80 bits per heavy atom. The monoisotopic (exact) mass is 338 g/mol. The van der Waals surface area contributed by atoms with E-state index in [1.165, 1.54) is 0 Å². The van der Waals surface area contributed by atoms with E-state index < -0.39 is 6.10 Å². The van der Waals surface area contributed by atoms with Crippen molar-refractivity contribution in [3.05, 3.63) is 21.0 Å². The van der Waals surface area contributed by atoms with Crippen molar-refractivity contribution in [3.63, 3.8) is 0 Å². The minimum Gasteiger partial charge on any atom is -0.450 e. The van der Waals surface area contributed by atoms with Gasteiger partial charge in [0.15, 0.2) is 4.67 Å². The molecule has 3 nitrogen and oxygen atoms in total. The molecule has 2 heterocycles. The van der Waals surface area contributed by atoms with Gasteiger partial charge in [-0.15, -0.1) is 0 Å². The zero-order valence-corrected chi connectivity index (χ0v) is 11.3. The molecule has 1 aliphatic heterocycles. The van der Waals surface area contributed by atoms with E-state index in [9.17, 15) is 5.11 Å². The Morgan fingerprint density at radius 1 is 1.47 bits per heavy atom. The van der Waals surface area contributed by atoms with E-state index in [0.717, 1.165) is 23.9 Å². The third-order valence-corrected chi connectivity index (χ3v) is 4.31. The normalized spacial score (nSPS) is 24.1. The lowest BCUT2D eigenvalue weighted by Gasteiger charge is -2.25. The molecule has 1 saturated heterocycles. The number of furan rings is 1. The van der Waals surface area contributed by atoms with Gasteiger partial charge in [-0.1, -0.05) is 0 Å². The first kappa shape index (κ1) is 11.6. The second kappa shape index (κ2) is 4.99. The molecule has 15 heavy (non-hydrogen) atoms. The molecule has 0 saturated carbocycles. The summed E-state index contributed by atoms with van der Waals surface area (Å²) in [5, 5.41) is 10.1. The Hall–Kier alpha value is 0.160. The quantitative estimate of drug-likeness (QED) is 0.899. The van der Waals surface area contributed by atoms with Crippen LogP contribution in [0.5, 0.6) is 0 Å². The minimum atomic E-state index is -0.576. The lowest BCUT2D eigenvalue weighted by Crippen LogP contribution is -2.23. The highest BCUT2D eigenvalue weighted by Crippen LogP contribution is 2.35. The summed E-state index contributed by atoms with van der Waals surface area (Å²) in [5.74, 6) is 0.730. The summed E-state index contributed by atoms with van der Waals surface area (Å²) in [6.07, 6.45) is 1.41. The highest BCUT2D eigenvalue weighted by molar-refractivity contribution is 9.13. The van der Waals surface area contributed by atoms with E-state index in [1.807, 2.05) is 0 Å². The van der Waals surface area contributed by atoms with Gasteiger partial charge in [0.05, 0.1) is 11.1 Å². The topological polar surface area (TPSA) is 42.6 Å². The molecule has 1 aromatic heterocycles. The van der Waals surface area contributed by atoms with Gasteiger partial charge in [-0.2, -0.15) is 0 Å². The van der Waals surface area contributed by atoms with Crippen LogP contribution in [0.15, 0.2) is 19.6 Å². The Labute approximate surface area is 105 Å². The molecule has 1 fully saturated rings. The molecule has 0 aromatic carbocycles. The maximum atomic E-state index is 10.1. The molecular formula is C10H12Br2O3. The molecule has 2 unspecified atom stereocenters. The van der Waals surface area contributed by atoms with Crippen LogP contribution in [-0.4, -0.2) is 18.3 Å². The van der Waals surface area contributed by atoms with Crippen LogP contribution < -0.4 is 0 Å². The summed E-state index contributed by atoms with van der Waals surface area (Å²) in [6, 6.07) is 1.79. The molecule has 0 spiro atoms. The van der Waals surface area contributed by atoms with Crippen LogP contribution in [0.25, 0.3) is 0 Å². The Bertz CT molecular complexity index is 312. The fourth-order valence-corrected chi connectivity index (χ4v) is 2.36. The largest absolute Gasteiger partial charge is 0.450 e. The van der Waals surface area contributed by atoms with Crippen molar-refractivity contribution in [1.82, 2.24) is 0 Å². The first-order chi connectivity index (χ1) is 7.18. The third-order valence-electron chi connectivity index (χ3n) is 2.60. The van der Waals surface area contributed by atoms with Crippen LogP contribution in [0, 0.1) is 5.92 Å². The van der Waals surface area contributed by atoms with E-state index in [1.54, 1.807) is 6.07 Å². The van der Waals surface area contributed by atoms with Crippen LogP contribution in [0.3, 0.4) is 0 Å². The average Bonchev–Trinajstić information content (AvgIpc) is 2.59. The maximum absolute atomic E-state index is 10.1. The second-order valence-electron chi connectivity index (χ2n) is 3.69. The first-order valence-electron chi connectivity index (χ1n) is 4.89. The van der Waals surface area contributed by atoms with Gasteiger partial charge < -0.3 is 14.3 Å². The fourth-order valence-electron chi connectivity index (χ4n) is 1.76. The standard InChI is InChI=1S/C10H12Br2O3/c11-7-4-8(15-10(7)12)9(13)6-2-1-3-14-5-6/h4,6,9,13H,1-3,5H2. The van der Waals surface area contributed by atoms with Crippen molar-refractivity contribution in [3.8, 4) is 0 Å². The Balaban J connectivity index is 2.08. The number of hydrogen-bond acceptors (Lipinski definition) is 3.